The third kappa shape index (κ3) is 4.81. The molecule has 11 heteroatoms. The van der Waals surface area contributed by atoms with Gasteiger partial charge in [-0.15, -0.1) is 11.3 Å². The Hall–Kier alpha value is -2.43. The van der Waals surface area contributed by atoms with Crippen LogP contribution < -0.4 is 10.1 Å². The predicted molar refractivity (Wildman–Crippen MR) is 98.5 cm³/mol. The largest absolute Gasteiger partial charge is 0.497 e. The van der Waals surface area contributed by atoms with Crippen molar-refractivity contribution in [2.24, 2.45) is 5.10 Å². The number of rotatable bonds is 6. The lowest BCUT2D eigenvalue weighted by molar-refractivity contribution is -0.486. The number of thiazole rings is 1. The van der Waals surface area contributed by atoms with Gasteiger partial charge in [-0.1, -0.05) is 23.7 Å². The molecule has 0 atom stereocenters. The molecule has 1 aromatic carbocycles. The van der Waals surface area contributed by atoms with E-state index in [0.29, 0.717) is 30.9 Å². The van der Waals surface area contributed by atoms with Gasteiger partial charge in [-0.05, 0) is 17.7 Å². The second-order valence-electron chi connectivity index (χ2n) is 5.59. The van der Waals surface area contributed by atoms with Crippen molar-refractivity contribution >= 4 is 28.9 Å². The fraction of sp³-hybridized carbons (Fsp3) is 0.333. The summed E-state index contributed by atoms with van der Waals surface area (Å²) in [5, 5.41) is 16.6. The molecule has 1 saturated heterocycles. The first-order valence-electron chi connectivity index (χ1n) is 7.71. The van der Waals surface area contributed by atoms with Crippen LogP contribution in [-0.2, 0) is 13.1 Å². The molecule has 2 heterocycles. The molecule has 1 aliphatic heterocycles. The summed E-state index contributed by atoms with van der Waals surface area (Å²) in [7, 11) is 1.63. The van der Waals surface area contributed by atoms with Crippen molar-refractivity contribution in [3.63, 3.8) is 0 Å². The Labute approximate surface area is 159 Å². The van der Waals surface area contributed by atoms with Gasteiger partial charge in [0.2, 0.25) is 0 Å². The number of hydrogen-bond donors (Lipinski definition) is 1. The summed E-state index contributed by atoms with van der Waals surface area (Å²) in [5.74, 6) is 1.03. The minimum Gasteiger partial charge on any atom is -0.497 e. The van der Waals surface area contributed by atoms with E-state index in [9.17, 15) is 10.1 Å². The molecule has 3 rings (SSSR count). The monoisotopic (exact) mass is 396 g/mol. The smallest absolute Gasteiger partial charge is 0.273 e. The number of nitro groups is 1. The van der Waals surface area contributed by atoms with Crippen LogP contribution in [0, 0.1) is 10.1 Å². The van der Waals surface area contributed by atoms with Crippen LogP contribution in [0.4, 0.5) is 0 Å². The average Bonchev–Trinajstić information content (AvgIpc) is 3.02. The SMILES string of the molecule is COc1ccc(CN2CN/C(=N\[N+](=O)[O-])N(Cc3cnc(Cl)s3)C2)cc1. The van der Waals surface area contributed by atoms with Gasteiger partial charge in [0.05, 0.1) is 27.0 Å². The zero-order valence-electron chi connectivity index (χ0n) is 14.0. The molecule has 0 unspecified atom stereocenters. The number of benzene rings is 1. The molecule has 26 heavy (non-hydrogen) atoms. The molecule has 138 valence electrons. The number of ether oxygens (including phenoxy) is 1. The van der Waals surface area contributed by atoms with Crippen molar-refractivity contribution < 1.29 is 9.77 Å². The fourth-order valence-electron chi connectivity index (χ4n) is 2.59. The minimum atomic E-state index is -0.700. The van der Waals surface area contributed by atoms with E-state index in [0.717, 1.165) is 16.2 Å². The molecule has 0 amide bonds. The van der Waals surface area contributed by atoms with Crippen LogP contribution in [0.5, 0.6) is 5.75 Å². The molecule has 0 spiro atoms. The normalized spacial score (nSPS) is 16.5. The van der Waals surface area contributed by atoms with Gasteiger partial charge in [0, 0.05) is 17.6 Å². The zero-order chi connectivity index (χ0) is 18.5. The standard InChI is InChI=1S/C15H17ClN6O3S/c1-25-12-4-2-11(3-5-12)7-20-9-18-15(19-22(23)24)21(10-20)8-13-6-17-14(16)26-13/h2-6H,7-10H2,1H3,(H,18,19). The summed E-state index contributed by atoms with van der Waals surface area (Å²) in [4.78, 5) is 19.6. The van der Waals surface area contributed by atoms with E-state index in [1.54, 1.807) is 18.2 Å². The first-order chi connectivity index (χ1) is 12.5. The van der Waals surface area contributed by atoms with Crippen LogP contribution in [-0.4, -0.2) is 46.2 Å². The van der Waals surface area contributed by atoms with E-state index in [-0.39, 0.29) is 5.96 Å². The molecule has 1 fully saturated rings. The van der Waals surface area contributed by atoms with Gasteiger partial charge in [-0.2, -0.15) is 0 Å². The van der Waals surface area contributed by atoms with Gasteiger partial charge in [0.1, 0.15) is 10.9 Å². The number of nitrogens with zero attached hydrogens (tertiary/aromatic N) is 5. The first-order valence-corrected chi connectivity index (χ1v) is 8.90. The minimum absolute atomic E-state index is 0.227. The Morgan fingerprint density at radius 3 is 2.81 bits per heavy atom. The van der Waals surface area contributed by atoms with Crippen LogP contribution in [0.1, 0.15) is 10.4 Å². The second-order valence-corrected chi connectivity index (χ2v) is 7.29. The summed E-state index contributed by atoms with van der Waals surface area (Å²) < 4.78 is 5.60. The van der Waals surface area contributed by atoms with Gasteiger partial charge in [-0.3, -0.25) is 4.90 Å². The maximum atomic E-state index is 10.8. The van der Waals surface area contributed by atoms with Crippen LogP contribution >= 0.6 is 22.9 Å². The number of hydrazone groups is 1. The highest BCUT2D eigenvalue weighted by molar-refractivity contribution is 7.15. The van der Waals surface area contributed by atoms with Crippen LogP contribution in [0.2, 0.25) is 4.47 Å². The summed E-state index contributed by atoms with van der Waals surface area (Å²) >= 11 is 7.21. The molecule has 2 aromatic rings. The Morgan fingerprint density at radius 1 is 1.42 bits per heavy atom. The van der Waals surface area contributed by atoms with Crippen LogP contribution in [0.15, 0.2) is 35.6 Å². The maximum absolute atomic E-state index is 10.8. The molecule has 1 N–H and O–H groups in total. The van der Waals surface area contributed by atoms with E-state index in [1.165, 1.54) is 11.3 Å². The maximum Gasteiger partial charge on any atom is 0.273 e. The van der Waals surface area contributed by atoms with Crippen LogP contribution in [0.25, 0.3) is 0 Å². The van der Waals surface area contributed by atoms with Crippen molar-refractivity contribution in [3.05, 3.63) is 55.5 Å². The molecule has 0 radical (unpaired) electrons. The van der Waals surface area contributed by atoms with Crippen LogP contribution in [0.3, 0.4) is 0 Å². The van der Waals surface area contributed by atoms with Gasteiger partial charge in [0.25, 0.3) is 5.96 Å². The van der Waals surface area contributed by atoms with Crippen molar-refractivity contribution in [2.45, 2.75) is 13.1 Å². The summed E-state index contributed by atoms with van der Waals surface area (Å²) in [6.45, 7) is 2.06. The highest BCUT2D eigenvalue weighted by Gasteiger charge is 2.25. The quantitative estimate of drug-likeness (QED) is 0.590. The number of hydrogen-bond acceptors (Lipinski definition) is 6. The topological polar surface area (TPSA) is 96.1 Å². The Morgan fingerprint density at radius 2 is 2.19 bits per heavy atom. The zero-order valence-corrected chi connectivity index (χ0v) is 15.5. The number of halogens is 1. The van der Waals surface area contributed by atoms with E-state index in [2.05, 4.69) is 20.3 Å². The lowest BCUT2D eigenvalue weighted by Gasteiger charge is -2.36. The van der Waals surface area contributed by atoms with E-state index < -0.39 is 5.03 Å². The van der Waals surface area contributed by atoms with E-state index >= 15 is 0 Å². The summed E-state index contributed by atoms with van der Waals surface area (Å²) in [5.41, 5.74) is 1.11. The highest BCUT2D eigenvalue weighted by Crippen LogP contribution is 2.21. The van der Waals surface area contributed by atoms with Gasteiger partial charge in [-0.25, -0.2) is 15.1 Å². The number of nitrogens with one attached hydrogen (secondary N) is 1. The molecule has 1 aromatic heterocycles. The summed E-state index contributed by atoms with van der Waals surface area (Å²) in [6, 6.07) is 7.80. The molecular formula is C15H17ClN6O3S. The third-order valence-corrected chi connectivity index (χ3v) is 4.84. The van der Waals surface area contributed by atoms with Crippen molar-refractivity contribution in [1.29, 1.82) is 0 Å². The van der Waals surface area contributed by atoms with Gasteiger partial charge >= 0.3 is 0 Å². The number of aromatic nitrogens is 1. The molecule has 0 saturated carbocycles. The van der Waals surface area contributed by atoms with Crippen molar-refractivity contribution in [2.75, 3.05) is 20.4 Å². The lowest BCUT2D eigenvalue weighted by atomic mass is 10.2. The van der Waals surface area contributed by atoms with Crippen molar-refractivity contribution in [1.82, 2.24) is 20.1 Å². The molecule has 9 nitrogen and oxygen atoms in total. The molecule has 0 aliphatic carbocycles. The van der Waals surface area contributed by atoms with Gasteiger partial charge < -0.3 is 15.0 Å². The number of methoxy groups -OCH3 is 1. The lowest BCUT2D eigenvalue weighted by Crippen LogP contribution is -2.56. The molecule has 0 bridgehead atoms. The van der Waals surface area contributed by atoms with E-state index in [4.69, 9.17) is 16.3 Å². The summed E-state index contributed by atoms with van der Waals surface area (Å²) in [6.07, 6.45) is 1.67. The average molecular weight is 397 g/mol. The predicted octanol–water partition coefficient (Wildman–Crippen LogP) is 2.18. The van der Waals surface area contributed by atoms with Gasteiger partial charge in [0.15, 0.2) is 9.50 Å². The second kappa shape index (κ2) is 8.30. The Balaban J connectivity index is 1.70. The highest BCUT2D eigenvalue weighted by atomic mass is 35.5. The van der Waals surface area contributed by atoms with E-state index in [1.807, 2.05) is 24.3 Å². The molecular weight excluding hydrogens is 380 g/mol. The third-order valence-electron chi connectivity index (χ3n) is 3.74. The number of guanidine groups is 1. The Bertz CT molecular complexity index is 797. The molecule has 1 aliphatic rings. The fourth-order valence-corrected chi connectivity index (χ4v) is 3.59. The van der Waals surface area contributed by atoms with Crippen molar-refractivity contribution in [3.8, 4) is 5.75 Å². The first kappa shape index (κ1) is 18.4. The Kier molecular flexibility index (Phi) is 5.86.